The summed E-state index contributed by atoms with van der Waals surface area (Å²) in [7, 11) is -2.69. The highest BCUT2D eigenvalue weighted by Gasteiger charge is 2.23. The fourth-order valence-corrected chi connectivity index (χ4v) is 4.36. The molecule has 8 heteroatoms. The predicted octanol–water partition coefficient (Wildman–Crippen LogP) is 2.91. The van der Waals surface area contributed by atoms with Gasteiger partial charge in [0, 0.05) is 36.2 Å². The molecule has 0 aliphatic carbocycles. The van der Waals surface area contributed by atoms with Gasteiger partial charge in [-0.15, -0.1) is 0 Å². The van der Waals surface area contributed by atoms with Gasteiger partial charge < -0.3 is 4.90 Å². The summed E-state index contributed by atoms with van der Waals surface area (Å²) < 4.78 is 21.5. The van der Waals surface area contributed by atoms with Crippen molar-refractivity contribution in [3.05, 3.63) is 47.4 Å². The number of anilines is 1. The van der Waals surface area contributed by atoms with Crippen LogP contribution < -0.4 is 4.90 Å². The quantitative estimate of drug-likeness (QED) is 0.731. The van der Waals surface area contributed by atoms with E-state index in [4.69, 9.17) is 9.76 Å². The first-order valence-corrected chi connectivity index (χ1v) is 11.2. The van der Waals surface area contributed by atoms with E-state index < -0.39 is 9.73 Å². The zero-order valence-corrected chi connectivity index (χ0v) is 16.5. The molecule has 3 heterocycles. The van der Waals surface area contributed by atoms with Crippen LogP contribution in [0.1, 0.15) is 36.6 Å². The Bertz CT molecular complexity index is 1070. The Morgan fingerprint density at radius 1 is 1.19 bits per heavy atom. The Hall–Kier alpha value is -2.48. The number of aryl methyl sites for hydroxylation is 1. The predicted molar refractivity (Wildman–Crippen MR) is 106 cm³/mol. The summed E-state index contributed by atoms with van der Waals surface area (Å²) in [5.74, 6) is 1.74. The largest absolute Gasteiger partial charge is 0.356 e. The lowest BCUT2D eigenvalue weighted by atomic mass is 10.0. The minimum absolute atomic E-state index is 0.562. The summed E-state index contributed by atoms with van der Waals surface area (Å²) in [6.07, 6.45) is 6.93. The summed E-state index contributed by atoms with van der Waals surface area (Å²) in [5.41, 5.74) is 3.33. The SMILES string of the molecule is CCc1nc2ncnn2c(N2CCCC2)c1Cc1ccc(S(C)(=N)=O)cc1. The van der Waals surface area contributed by atoms with Gasteiger partial charge in [0.15, 0.2) is 0 Å². The fourth-order valence-electron chi connectivity index (χ4n) is 3.70. The van der Waals surface area contributed by atoms with Crippen LogP contribution >= 0.6 is 0 Å². The van der Waals surface area contributed by atoms with E-state index in [1.54, 1.807) is 18.5 Å². The number of rotatable bonds is 5. The second-order valence-corrected chi connectivity index (χ2v) is 9.20. The van der Waals surface area contributed by atoms with Crippen LogP contribution in [0.2, 0.25) is 0 Å². The van der Waals surface area contributed by atoms with Gasteiger partial charge in [0.1, 0.15) is 12.1 Å². The summed E-state index contributed by atoms with van der Waals surface area (Å²) in [5, 5.41) is 4.43. The highest BCUT2D eigenvalue weighted by Crippen LogP contribution is 2.29. The molecule has 3 aromatic rings. The molecule has 1 aliphatic rings. The highest BCUT2D eigenvalue weighted by molar-refractivity contribution is 7.91. The van der Waals surface area contributed by atoms with E-state index in [-0.39, 0.29) is 0 Å². The molecule has 0 radical (unpaired) electrons. The van der Waals surface area contributed by atoms with Crippen LogP contribution in [0.5, 0.6) is 0 Å². The minimum atomic E-state index is -2.69. The van der Waals surface area contributed by atoms with E-state index >= 15 is 0 Å². The lowest BCUT2D eigenvalue weighted by Crippen LogP contribution is -2.24. The lowest BCUT2D eigenvalue weighted by molar-refractivity contribution is 0.679. The number of fused-ring (bicyclic) bond motifs is 1. The van der Waals surface area contributed by atoms with Crippen molar-refractivity contribution >= 4 is 21.3 Å². The van der Waals surface area contributed by atoms with Crippen LogP contribution in [0.15, 0.2) is 35.5 Å². The van der Waals surface area contributed by atoms with Crippen LogP contribution in [0, 0.1) is 4.78 Å². The summed E-state index contributed by atoms with van der Waals surface area (Å²) in [6.45, 7) is 4.15. The summed E-state index contributed by atoms with van der Waals surface area (Å²) in [6, 6.07) is 7.53. The van der Waals surface area contributed by atoms with E-state index in [2.05, 4.69) is 21.9 Å². The molecule has 27 heavy (non-hydrogen) atoms. The van der Waals surface area contributed by atoms with Crippen LogP contribution in [0.3, 0.4) is 0 Å². The average molecular weight is 385 g/mol. The monoisotopic (exact) mass is 384 g/mol. The van der Waals surface area contributed by atoms with Gasteiger partial charge in [0.05, 0.1) is 15.4 Å². The number of benzene rings is 1. The molecule has 4 rings (SSSR count). The number of nitrogens with zero attached hydrogens (tertiary/aromatic N) is 5. The molecule has 142 valence electrons. The minimum Gasteiger partial charge on any atom is -0.356 e. The van der Waals surface area contributed by atoms with Crippen molar-refractivity contribution < 1.29 is 4.21 Å². The summed E-state index contributed by atoms with van der Waals surface area (Å²) in [4.78, 5) is 12.0. The van der Waals surface area contributed by atoms with Crippen molar-refractivity contribution in [2.24, 2.45) is 0 Å². The van der Waals surface area contributed by atoms with Crippen LogP contribution in [0.25, 0.3) is 5.78 Å². The number of hydrogen-bond acceptors (Lipinski definition) is 6. The number of aromatic nitrogens is 4. The Morgan fingerprint density at radius 2 is 1.89 bits per heavy atom. The molecule has 1 fully saturated rings. The molecule has 1 aromatic carbocycles. The fraction of sp³-hybridized carbons (Fsp3) is 0.421. The molecule has 0 spiro atoms. The third-order valence-electron chi connectivity index (χ3n) is 5.08. The molecule has 0 saturated carbocycles. The van der Waals surface area contributed by atoms with Crippen molar-refractivity contribution in [2.75, 3.05) is 24.2 Å². The van der Waals surface area contributed by atoms with Gasteiger partial charge in [-0.1, -0.05) is 19.1 Å². The lowest BCUT2D eigenvalue weighted by Gasteiger charge is -2.23. The Morgan fingerprint density at radius 3 is 2.52 bits per heavy atom. The molecule has 1 saturated heterocycles. The second kappa shape index (κ2) is 6.92. The van der Waals surface area contributed by atoms with E-state index in [0.717, 1.165) is 43.0 Å². The van der Waals surface area contributed by atoms with Crippen LogP contribution in [-0.2, 0) is 22.6 Å². The molecule has 1 aliphatic heterocycles. The van der Waals surface area contributed by atoms with Crippen molar-refractivity contribution in [2.45, 2.75) is 37.5 Å². The van der Waals surface area contributed by atoms with Crippen molar-refractivity contribution in [1.29, 1.82) is 4.78 Å². The first-order chi connectivity index (χ1) is 13.0. The Labute approximate surface area is 159 Å². The standard InChI is InChI=1S/C19H24N6OS/c1-3-17-16(12-14-6-8-15(9-7-14)27(2,20)26)18(24-10-4-5-11-24)25-19(23-17)21-13-22-25/h6-9,13,20H,3-5,10-12H2,1-2H3. The van der Waals surface area contributed by atoms with Gasteiger partial charge in [0.25, 0.3) is 5.78 Å². The van der Waals surface area contributed by atoms with Gasteiger partial charge in [-0.2, -0.15) is 14.6 Å². The van der Waals surface area contributed by atoms with Crippen molar-refractivity contribution in [1.82, 2.24) is 19.6 Å². The number of hydrogen-bond donors (Lipinski definition) is 1. The van der Waals surface area contributed by atoms with E-state index in [9.17, 15) is 4.21 Å². The van der Waals surface area contributed by atoms with E-state index in [1.165, 1.54) is 24.7 Å². The third-order valence-corrected chi connectivity index (χ3v) is 6.25. The Balaban J connectivity index is 1.81. The van der Waals surface area contributed by atoms with Gasteiger partial charge in [-0.25, -0.2) is 14.0 Å². The number of nitrogens with one attached hydrogen (secondary N) is 1. The smallest absolute Gasteiger partial charge is 0.254 e. The normalized spacial score (nSPS) is 16.7. The molecule has 2 aromatic heterocycles. The first kappa shape index (κ1) is 17.9. The molecular weight excluding hydrogens is 360 g/mol. The molecule has 7 nitrogen and oxygen atoms in total. The molecule has 1 N–H and O–H groups in total. The zero-order valence-electron chi connectivity index (χ0n) is 15.7. The van der Waals surface area contributed by atoms with Crippen LogP contribution in [-0.4, -0.2) is 43.1 Å². The van der Waals surface area contributed by atoms with Gasteiger partial charge in [-0.05, 0) is 37.0 Å². The molecule has 1 unspecified atom stereocenters. The topological polar surface area (TPSA) is 87.2 Å². The summed E-state index contributed by atoms with van der Waals surface area (Å²) >= 11 is 0. The van der Waals surface area contributed by atoms with Crippen molar-refractivity contribution in [3.8, 4) is 0 Å². The second-order valence-electron chi connectivity index (χ2n) is 7.04. The maximum atomic E-state index is 11.9. The van der Waals surface area contributed by atoms with Gasteiger partial charge in [-0.3, -0.25) is 0 Å². The third kappa shape index (κ3) is 3.41. The maximum Gasteiger partial charge on any atom is 0.254 e. The zero-order chi connectivity index (χ0) is 19.0. The van der Waals surface area contributed by atoms with Gasteiger partial charge >= 0.3 is 0 Å². The average Bonchev–Trinajstić information content (AvgIpc) is 3.32. The van der Waals surface area contributed by atoms with Crippen LogP contribution in [0.4, 0.5) is 5.82 Å². The molecule has 1 atom stereocenters. The molecule has 0 bridgehead atoms. The van der Waals surface area contributed by atoms with Gasteiger partial charge in [0.2, 0.25) is 0 Å². The van der Waals surface area contributed by atoms with Crippen molar-refractivity contribution in [3.63, 3.8) is 0 Å². The molecular formula is C19H24N6OS. The molecule has 0 amide bonds. The highest BCUT2D eigenvalue weighted by atomic mass is 32.2. The first-order valence-electron chi connectivity index (χ1n) is 9.26. The maximum absolute atomic E-state index is 11.9. The Kier molecular flexibility index (Phi) is 4.59. The van der Waals surface area contributed by atoms with E-state index in [1.807, 2.05) is 16.6 Å². The van der Waals surface area contributed by atoms with E-state index in [0.29, 0.717) is 10.7 Å².